The van der Waals surface area contributed by atoms with Gasteiger partial charge in [0.05, 0.1) is 12.3 Å². The lowest BCUT2D eigenvalue weighted by atomic mass is 10.1. The summed E-state index contributed by atoms with van der Waals surface area (Å²) >= 11 is 10.9. The SMILES string of the molecule is CCOc1ccc(C(=NNC(=S)N(CC)CC)C(C)=NNC(=S)N(CC)CC)cc1. The minimum Gasteiger partial charge on any atom is -0.494 e. The molecule has 1 aromatic carbocycles. The van der Waals surface area contributed by atoms with Crippen LogP contribution in [0.25, 0.3) is 0 Å². The number of thiocarbonyl (C=S) groups is 2. The maximum Gasteiger partial charge on any atom is 0.189 e. The molecule has 0 fully saturated rings. The molecule has 0 amide bonds. The number of hydrogen-bond donors (Lipinski definition) is 2. The maximum absolute atomic E-state index is 5.54. The molecular weight excluding hydrogens is 416 g/mol. The molecule has 30 heavy (non-hydrogen) atoms. The molecule has 166 valence electrons. The predicted octanol–water partition coefficient (Wildman–Crippen LogP) is 3.60. The Balaban J connectivity index is 3.15. The van der Waals surface area contributed by atoms with Gasteiger partial charge in [0.1, 0.15) is 11.5 Å². The molecule has 0 atom stereocenters. The van der Waals surface area contributed by atoms with Crippen molar-refractivity contribution in [2.24, 2.45) is 10.2 Å². The topological polar surface area (TPSA) is 64.5 Å². The summed E-state index contributed by atoms with van der Waals surface area (Å²) in [6.07, 6.45) is 0. The van der Waals surface area contributed by atoms with Crippen molar-refractivity contribution in [2.75, 3.05) is 32.8 Å². The van der Waals surface area contributed by atoms with E-state index in [4.69, 9.17) is 29.2 Å². The normalized spacial score (nSPS) is 11.7. The van der Waals surface area contributed by atoms with E-state index in [0.29, 0.717) is 28.3 Å². The Bertz CT molecular complexity index is 740. The van der Waals surface area contributed by atoms with Gasteiger partial charge in [-0.25, -0.2) is 0 Å². The molecule has 2 N–H and O–H groups in total. The number of rotatable bonds is 10. The smallest absolute Gasteiger partial charge is 0.189 e. The summed E-state index contributed by atoms with van der Waals surface area (Å²) in [5.41, 5.74) is 8.21. The molecule has 0 saturated carbocycles. The van der Waals surface area contributed by atoms with Gasteiger partial charge in [0.15, 0.2) is 10.2 Å². The van der Waals surface area contributed by atoms with Crippen molar-refractivity contribution in [3.05, 3.63) is 29.8 Å². The fourth-order valence-corrected chi connectivity index (χ4v) is 3.29. The quantitative estimate of drug-likeness (QED) is 0.321. The summed E-state index contributed by atoms with van der Waals surface area (Å²) in [7, 11) is 0. The summed E-state index contributed by atoms with van der Waals surface area (Å²) in [5.74, 6) is 0.808. The minimum atomic E-state index is 0.572. The van der Waals surface area contributed by atoms with Gasteiger partial charge in [-0.3, -0.25) is 10.9 Å². The van der Waals surface area contributed by atoms with E-state index in [1.807, 2.05) is 47.9 Å². The molecule has 0 heterocycles. The average Bonchev–Trinajstić information content (AvgIpc) is 2.75. The van der Waals surface area contributed by atoms with Crippen LogP contribution in [-0.2, 0) is 0 Å². The van der Waals surface area contributed by atoms with Crippen LogP contribution >= 0.6 is 24.4 Å². The highest BCUT2D eigenvalue weighted by Crippen LogP contribution is 2.13. The van der Waals surface area contributed by atoms with Crippen molar-refractivity contribution in [2.45, 2.75) is 41.5 Å². The Morgan fingerprint density at radius 1 is 0.833 bits per heavy atom. The van der Waals surface area contributed by atoms with Gasteiger partial charge < -0.3 is 14.5 Å². The van der Waals surface area contributed by atoms with Crippen molar-refractivity contribution in [1.82, 2.24) is 20.7 Å². The maximum atomic E-state index is 5.54. The molecule has 0 bridgehead atoms. The van der Waals surface area contributed by atoms with Crippen LogP contribution in [0.3, 0.4) is 0 Å². The molecule has 0 unspecified atom stereocenters. The van der Waals surface area contributed by atoms with E-state index in [9.17, 15) is 0 Å². The first-order chi connectivity index (χ1) is 14.4. The van der Waals surface area contributed by atoms with E-state index in [1.165, 1.54) is 0 Å². The third-order valence-electron chi connectivity index (χ3n) is 4.47. The Morgan fingerprint density at radius 3 is 1.73 bits per heavy atom. The van der Waals surface area contributed by atoms with E-state index in [1.54, 1.807) is 0 Å². The lowest BCUT2D eigenvalue weighted by Gasteiger charge is -2.21. The van der Waals surface area contributed by atoms with Gasteiger partial charge >= 0.3 is 0 Å². The highest BCUT2D eigenvalue weighted by molar-refractivity contribution is 7.80. The zero-order chi connectivity index (χ0) is 22.5. The average molecular weight is 451 g/mol. The van der Waals surface area contributed by atoms with E-state index < -0.39 is 0 Å². The number of nitrogens with one attached hydrogen (secondary N) is 2. The van der Waals surface area contributed by atoms with E-state index >= 15 is 0 Å². The molecule has 0 aliphatic carbocycles. The molecule has 1 aromatic rings. The second kappa shape index (κ2) is 13.9. The number of ether oxygens (including phenoxy) is 1. The molecule has 0 radical (unpaired) electrons. The second-order valence-electron chi connectivity index (χ2n) is 6.29. The van der Waals surface area contributed by atoms with E-state index in [-0.39, 0.29) is 0 Å². The van der Waals surface area contributed by atoms with E-state index in [0.717, 1.165) is 37.5 Å². The molecule has 0 saturated heterocycles. The van der Waals surface area contributed by atoms with Crippen LogP contribution in [-0.4, -0.2) is 64.2 Å². The highest BCUT2D eigenvalue weighted by Gasteiger charge is 2.12. The number of benzene rings is 1. The molecule has 0 spiro atoms. The Hall–Kier alpha value is -2.26. The molecule has 0 aliphatic rings. The van der Waals surface area contributed by atoms with Crippen LogP contribution in [0.2, 0.25) is 0 Å². The molecule has 7 nitrogen and oxygen atoms in total. The molecule has 0 aromatic heterocycles. The molecule has 0 aliphatic heterocycles. The standard InChI is InChI=1S/C21H34N6OS2/c1-7-26(8-2)20(29)24-22-16(6)19(23-25-21(30)27(9-3)10-4)17-12-14-18(15-13-17)28-11-5/h12-15H,7-11H2,1-6H3,(H,24,29)(H,25,30). The van der Waals surface area contributed by atoms with Crippen LogP contribution in [0.4, 0.5) is 0 Å². The third kappa shape index (κ3) is 7.87. The summed E-state index contributed by atoms with van der Waals surface area (Å²) in [4.78, 5) is 4.04. The number of hydrazone groups is 2. The summed E-state index contributed by atoms with van der Waals surface area (Å²) in [6.45, 7) is 15.9. The van der Waals surface area contributed by atoms with Crippen molar-refractivity contribution in [1.29, 1.82) is 0 Å². The van der Waals surface area contributed by atoms with Crippen LogP contribution in [0.1, 0.15) is 47.1 Å². The number of nitrogens with zero attached hydrogens (tertiary/aromatic N) is 4. The highest BCUT2D eigenvalue weighted by atomic mass is 32.1. The molecule has 9 heteroatoms. The van der Waals surface area contributed by atoms with Gasteiger partial charge in [-0.15, -0.1) is 0 Å². The van der Waals surface area contributed by atoms with Crippen molar-refractivity contribution >= 4 is 46.1 Å². The van der Waals surface area contributed by atoms with Crippen LogP contribution in [0.15, 0.2) is 34.5 Å². The third-order valence-corrected chi connectivity index (χ3v) is 5.16. The summed E-state index contributed by atoms with van der Waals surface area (Å²) in [5, 5.41) is 10.2. The van der Waals surface area contributed by atoms with Crippen molar-refractivity contribution in [3.63, 3.8) is 0 Å². The first kappa shape index (κ1) is 25.8. The van der Waals surface area contributed by atoms with Gasteiger partial charge in [-0.2, -0.15) is 10.2 Å². The van der Waals surface area contributed by atoms with Crippen molar-refractivity contribution in [3.8, 4) is 5.75 Å². The lowest BCUT2D eigenvalue weighted by molar-refractivity contribution is 0.340. The zero-order valence-corrected chi connectivity index (χ0v) is 20.5. The van der Waals surface area contributed by atoms with Crippen LogP contribution < -0.4 is 15.6 Å². The van der Waals surface area contributed by atoms with Gasteiger partial charge in [0, 0.05) is 31.7 Å². The fourth-order valence-electron chi connectivity index (χ4n) is 2.68. The predicted molar refractivity (Wildman–Crippen MR) is 135 cm³/mol. The Labute approximate surface area is 191 Å². The molecular formula is C21H34N6OS2. The van der Waals surface area contributed by atoms with Gasteiger partial charge in [0.2, 0.25) is 0 Å². The van der Waals surface area contributed by atoms with Gasteiger partial charge in [0.25, 0.3) is 0 Å². The summed E-state index contributed by atoms with van der Waals surface area (Å²) < 4.78 is 5.54. The first-order valence-corrected chi connectivity index (χ1v) is 11.2. The Morgan fingerprint density at radius 2 is 1.30 bits per heavy atom. The number of hydrogen-bond acceptors (Lipinski definition) is 5. The fraction of sp³-hybridized carbons (Fsp3) is 0.524. The monoisotopic (exact) mass is 450 g/mol. The summed E-state index contributed by atoms with van der Waals surface area (Å²) in [6, 6.07) is 7.73. The largest absolute Gasteiger partial charge is 0.494 e. The zero-order valence-electron chi connectivity index (χ0n) is 18.9. The van der Waals surface area contributed by atoms with Crippen LogP contribution in [0, 0.1) is 0 Å². The van der Waals surface area contributed by atoms with Gasteiger partial charge in [-0.05, 0) is 90.2 Å². The van der Waals surface area contributed by atoms with E-state index in [2.05, 4.69) is 48.7 Å². The molecule has 1 rings (SSSR count). The van der Waals surface area contributed by atoms with Crippen LogP contribution in [0.5, 0.6) is 5.75 Å². The van der Waals surface area contributed by atoms with Crippen molar-refractivity contribution < 1.29 is 4.74 Å². The lowest BCUT2D eigenvalue weighted by Crippen LogP contribution is -2.39. The minimum absolute atomic E-state index is 0.572. The second-order valence-corrected chi connectivity index (χ2v) is 7.07. The first-order valence-electron chi connectivity index (χ1n) is 10.4. The Kier molecular flexibility index (Phi) is 11.9. The van der Waals surface area contributed by atoms with Gasteiger partial charge in [-0.1, -0.05) is 0 Å².